The Bertz CT molecular complexity index is 571. The SMILES string of the molecule is C=C1NC(=O)N[C@@H](c2ccc(F)cc2)[C@@H]1C(=O)OCCCC. The van der Waals surface area contributed by atoms with Crippen LogP contribution >= 0.6 is 0 Å². The summed E-state index contributed by atoms with van der Waals surface area (Å²) < 4.78 is 18.3. The summed E-state index contributed by atoms with van der Waals surface area (Å²) in [6, 6.07) is 4.56. The average Bonchev–Trinajstić information content (AvgIpc) is 2.47. The minimum Gasteiger partial charge on any atom is -0.465 e. The van der Waals surface area contributed by atoms with Crippen molar-refractivity contribution in [2.45, 2.75) is 25.8 Å². The van der Waals surface area contributed by atoms with Crippen molar-refractivity contribution in [2.75, 3.05) is 6.61 Å². The van der Waals surface area contributed by atoms with E-state index in [1.807, 2.05) is 6.92 Å². The zero-order chi connectivity index (χ0) is 16.1. The molecule has 0 aromatic heterocycles. The fraction of sp³-hybridized carbons (Fsp3) is 0.375. The molecule has 0 bridgehead atoms. The summed E-state index contributed by atoms with van der Waals surface area (Å²) in [5, 5.41) is 5.16. The Balaban J connectivity index is 2.21. The fourth-order valence-electron chi connectivity index (χ4n) is 2.32. The lowest BCUT2D eigenvalue weighted by atomic mass is 9.89. The Kier molecular flexibility index (Phi) is 5.14. The highest BCUT2D eigenvalue weighted by molar-refractivity contribution is 5.85. The molecular formula is C16H19FN2O3. The zero-order valence-electron chi connectivity index (χ0n) is 12.4. The topological polar surface area (TPSA) is 67.4 Å². The molecular weight excluding hydrogens is 287 g/mol. The van der Waals surface area contributed by atoms with Gasteiger partial charge in [-0.1, -0.05) is 32.1 Å². The quantitative estimate of drug-likeness (QED) is 0.649. The van der Waals surface area contributed by atoms with Crippen molar-refractivity contribution in [1.29, 1.82) is 0 Å². The first-order valence-electron chi connectivity index (χ1n) is 7.21. The zero-order valence-corrected chi connectivity index (χ0v) is 12.4. The molecule has 0 aliphatic carbocycles. The monoisotopic (exact) mass is 306 g/mol. The number of urea groups is 1. The Hall–Kier alpha value is -2.37. The van der Waals surface area contributed by atoms with Crippen LogP contribution in [-0.2, 0) is 9.53 Å². The number of unbranched alkanes of at least 4 members (excludes halogenated alkanes) is 1. The molecule has 22 heavy (non-hydrogen) atoms. The molecule has 2 atom stereocenters. The molecule has 118 valence electrons. The summed E-state index contributed by atoms with van der Waals surface area (Å²) in [7, 11) is 0. The molecule has 1 aromatic carbocycles. The first-order valence-corrected chi connectivity index (χ1v) is 7.21. The molecule has 1 aliphatic heterocycles. The number of benzene rings is 1. The minimum atomic E-state index is -0.750. The van der Waals surface area contributed by atoms with E-state index in [0.29, 0.717) is 12.2 Å². The van der Waals surface area contributed by atoms with E-state index in [-0.39, 0.29) is 11.5 Å². The van der Waals surface area contributed by atoms with Crippen molar-refractivity contribution in [3.8, 4) is 0 Å². The molecule has 1 saturated heterocycles. The van der Waals surface area contributed by atoms with E-state index in [2.05, 4.69) is 17.2 Å². The molecule has 0 unspecified atom stereocenters. The van der Waals surface area contributed by atoms with Crippen molar-refractivity contribution in [1.82, 2.24) is 10.6 Å². The van der Waals surface area contributed by atoms with Crippen LogP contribution in [-0.4, -0.2) is 18.6 Å². The Morgan fingerprint density at radius 3 is 2.68 bits per heavy atom. The number of amides is 2. The third-order valence-corrected chi connectivity index (χ3v) is 3.49. The van der Waals surface area contributed by atoms with Gasteiger partial charge in [0.05, 0.1) is 12.6 Å². The highest BCUT2D eigenvalue weighted by Crippen LogP contribution is 2.30. The Labute approximate surface area is 128 Å². The highest BCUT2D eigenvalue weighted by atomic mass is 19.1. The van der Waals surface area contributed by atoms with Gasteiger partial charge in [0, 0.05) is 5.70 Å². The van der Waals surface area contributed by atoms with Gasteiger partial charge in [0.2, 0.25) is 0 Å². The van der Waals surface area contributed by atoms with Crippen LogP contribution in [0.25, 0.3) is 0 Å². The molecule has 1 aliphatic rings. The van der Waals surface area contributed by atoms with Crippen molar-refractivity contribution in [3.05, 3.63) is 47.9 Å². The Morgan fingerprint density at radius 1 is 1.36 bits per heavy atom. The number of rotatable bonds is 5. The second kappa shape index (κ2) is 7.06. The maximum atomic E-state index is 13.1. The van der Waals surface area contributed by atoms with E-state index in [1.165, 1.54) is 24.3 Å². The van der Waals surface area contributed by atoms with Crippen LogP contribution in [0.3, 0.4) is 0 Å². The Morgan fingerprint density at radius 2 is 2.05 bits per heavy atom. The van der Waals surface area contributed by atoms with E-state index >= 15 is 0 Å². The van der Waals surface area contributed by atoms with Gasteiger partial charge >= 0.3 is 12.0 Å². The van der Waals surface area contributed by atoms with Gasteiger partial charge in [-0.05, 0) is 24.1 Å². The van der Waals surface area contributed by atoms with Gasteiger partial charge in [-0.15, -0.1) is 0 Å². The highest BCUT2D eigenvalue weighted by Gasteiger charge is 2.38. The van der Waals surface area contributed by atoms with Crippen LogP contribution in [0, 0.1) is 11.7 Å². The van der Waals surface area contributed by atoms with Crippen molar-refractivity contribution in [2.24, 2.45) is 5.92 Å². The first kappa shape index (κ1) is 16.0. The largest absolute Gasteiger partial charge is 0.465 e. The van der Waals surface area contributed by atoms with Crippen LogP contribution in [0.5, 0.6) is 0 Å². The van der Waals surface area contributed by atoms with Gasteiger partial charge in [-0.3, -0.25) is 4.79 Å². The van der Waals surface area contributed by atoms with Gasteiger partial charge in [0.15, 0.2) is 0 Å². The van der Waals surface area contributed by atoms with Gasteiger partial charge in [0.25, 0.3) is 0 Å². The van der Waals surface area contributed by atoms with Crippen LogP contribution in [0.1, 0.15) is 31.4 Å². The number of ether oxygens (including phenoxy) is 1. The molecule has 2 rings (SSSR count). The smallest absolute Gasteiger partial charge is 0.319 e. The molecule has 0 saturated carbocycles. The lowest BCUT2D eigenvalue weighted by Gasteiger charge is -2.33. The number of carbonyl (C=O) groups is 2. The maximum absolute atomic E-state index is 13.1. The number of hydrogen-bond acceptors (Lipinski definition) is 3. The minimum absolute atomic E-state index is 0.277. The van der Waals surface area contributed by atoms with Crippen LogP contribution < -0.4 is 10.6 Å². The normalized spacial score (nSPS) is 21.0. The fourth-order valence-corrected chi connectivity index (χ4v) is 2.32. The van der Waals surface area contributed by atoms with Crippen LogP contribution in [0.15, 0.2) is 36.5 Å². The second-order valence-electron chi connectivity index (χ2n) is 5.15. The second-order valence-corrected chi connectivity index (χ2v) is 5.15. The summed E-state index contributed by atoms with van der Waals surface area (Å²) in [6.45, 7) is 6.06. The first-order chi connectivity index (χ1) is 10.5. The average molecular weight is 306 g/mol. The molecule has 0 radical (unpaired) electrons. The van der Waals surface area contributed by atoms with Gasteiger partial charge < -0.3 is 15.4 Å². The number of hydrogen-bond donors (Lipinski definition) is 2. The molecule has 2 amide bonds. The molecule has 6 heteroatoms. The van der Waals surface area contributed by atoms with Gasteiger partial charge in [-0.2, -0.15) is 0 Å². The van der Waals surface area contributed by atoms with E-state index < -0.39 is 24.0 Å². The number of esters is 1. The van der Waals surface area contributed by atoms with Crippen molar-refractivity contribution >= 4 is 12.0 Å². The predicted octanol–water partition coefficient (Wildman–Crippen LogP) is 2.65. The number of carbonyl (C=O) groups excluding carboxylic acids is 2. The lowest BCUT2D eigenvalue weighted by molar-refractivity contribution is -0.148. The van der Waals surface area contributed by atoms with E-state index in [0.717, 1.165) is 12.8 Å². The third-order valence-electron chi connectivity index (χ3n) is 3.49. The van der Waals surface area contributed by atoms with Gasteiger partial charge in [0.1, 0.15) is 11.7 Å². The van der Waals surface area contributed by atoms with Crippen LogP contribution in [0.2, 0.25) is 0 Å². The lowest BCUT2D eigenvalue weighted by Crippen LogP contribution is -2.51. The maximum Gasteiger partial charge on any atom is 0.319 e. The molecule has 2 N–H and O–H groups in total. The molecule has 1 heterocycles. The standard InChI is InChI=1S/C16H19FN2O3/c1-3-4-9-22-15(20)13-10(2)18-16(21)19-14(13)11-5-7-12(17)8-6-11/h5-8,13-14H,2-4,9H2,1H3,(H2,18,19,21)/t13-,14+/m1/s1. The summed E-state index contributed by atoms with van der Waals surface area (Å²) in [5.74, 6) is -1.59. The summed E-state index contributed by atoms with van der Waals surface area (Å²) in [5.41, 5.74) is 0.898. The summed E-state index contributed by atoms with van der Waals surface area (Å²) in [4.78, 5) is 23.9. The third kappa shape index (κ3) is 3.63. The van der Waals surface area contributed by atoms with Gasteiger partial charge in [-0.25, -0.2) is 9.18 Å². The number of halogens is 1. The predicted molar refractivity (Wildman–Crippen MR) is 79.3 cm³/mol. The molecule has 0 spiro atoms. The summed E-state index contributed by atoms with van der Waals surface area (Å²) in [6.07, 6.45) is 1.68. The van der Waals surface area contributed by atoms with Crippen molar-refractivity contribution in [3.63, 3.8) is 0 Å². The van der Waals surface area contributed by atoms with E-state index in [9.17, 15) is 14.0 Å². The molecule has 5 nitrogen and oxygen atoms in total. The number of nitrogens with one attached hydrogen (secondary N) is 2. The van der Waals surface area contributed by atoms with E-state index in [1.54, 1.807) is 0 Å². The summed E-state index contributed by atoms with van der Waals surface area (Å²) >= 11 is 0. The van der Waals surface area contributed by atoms with E-state index in [4.69, 9.17) is 4.74 Å². The molecule has 1 aromatic rings. The van der Waals surface area contributed by atoms with Crippen LogP contribution in [0.4, 0.5) is 9.18 Å². The molecule has 1 fully saturated rings. The van der Waals surface area contributed by atoms with Crippen molar-refractivity contribution < 1.29 is 18.7 Å².